The van der Waals surface area contributed by atoms with Gasteiger partial charge in [-0.15, -0.1) is 11.3 Å². The predicted molar refractivity (Wildman–Crippen MR) is 123 cm³/mol. The zero-order valence-corrected chi connectivity index (χ0v) is 19.0. The van der Waals surface area contributed by atoms with Gasteiger partial charge in [0.05, 0.1) is 20.7 Å². The third kappa shape index (κ3) is 3.91. The minimum atomic E-state index is -3.82. The molecule has 1 amide bonds. The van der Waals surface area contributed by atoms with E-state index in [4.69, 9.17) is 4.42 Å². The number of aromatic nitrogens is 1. The first kappa shape index (κ1) is 21.3. The highest BCUT2D eigenvalue weighted by Crippen LogP contribution is 2.31. The maximum Gasteiger partial charge on any atom is 0.289 e. The van der Waals surface area contributed by atoms with E-state index in [1.165, 1.54) is 27.8 Å². The first-order chi connectivity index (χ1) is 16.0. The molecule has 0 unspecified atom stereocenters. The molecule has 0 aliphatic carbocycles. The number of hydrogen-bond acceptors (Lipinski definition) is 7. The zero-order valence-electron chi connectivity index (χ0n) is 17.3. The van der Waals surface area contributed by atoms with E-state index >= 15 is 0 Å². The standard InChI is InChI=1S/C23H18N4O4S2/c24-15-16-5-1-4-8-21(16)33(29,30)27-13-11-26(12-14-27)23(28)19-10-9-18(31-19)22-25-17-6-2-3-7-20(17)32-22/h1-10H,11-14H2. The molecule has 10 heteroatoms. The van der Waals surface area contributed by atoms with Gasteiger partial charge in [-0.1, -0.05) is 24.3 Å². The molecule has 0 saturated carbocycles. The molecule has 33 heavy (non-hydrogen) atoms. The molecular weight excluding hydrogens is 460 g/mol. The van der Waals surface area contributed by atoms with Crippen LogP contribution in [-0.2, 0) is 10.0 Å². The van der Waals surface area contributed by atoms with Crippen molar-refractivity contribution in [2.75, 3.05) is 26.2 Å². The molecule has 5 rings (SSSR count). The van der Waals surface area contributed by atoms with Crippen molar-refractivity contribution in [1.29, 1.82) is 5.26 Å². The number of carbonyl (C=O) groups excluding carboxylic acids is 1. The summed E-state index contributed by atoms with van der Waals surface area (Å²) >= 11 is 1.49. The molecule has 8 nitrogen and oxygen atoms in total. The lowest BCUT2D eigenvalue weighted by Crippen LogP contribution is -2.50. The second kappa shape index (κ2) is 8.44. The molecule has 1 aliphatic heterocycles. The summed E-state index contributed by atoms with van der Waals surface area (Å²) in [5.41, 5.74) is 0.978. The van der Waals surface area contributed by atoms with E-state index in [9.17, 15) is 18.5 Å². The van der Waals surface area contributed by atoms with Crippen molar-refractivity contribution in [3.8, 4) is 16.8 Å². The second-order valence-electron chi connectivity index (χ2n) is 7.45. The summed E-state index contributed by atoms with van der Waals surface area (Å²) in [5, 5.41) is 9.94. The van der Waals surface area contributed by atoms with Gasteiger partial charge in [0.25, 0.3) is 5.91 Å². The fourth-order valence-electron chi connectivity index (χ4n) is 3.76. The van der Waals surface area contributed by atoms with Gasteiger partial charge in [0.1, 0.15) is 6.07 Å². The van der Waals surface area contributed by atoms with E-state index in [1.807, 2.05) is 30.3 Å². The minimum Gasteiger partial charge on any atom is -0.448 e. The number of amides is 1. The van der Waals surface area contributed by atoms with Crippen LogP contribution in [0.2, 0.25) is 0 Å². The SMILES string of the molecule is N#Cc1ccccc1S(=O)(=O)N1CCN(C(=O)c2ccc(-c3nc4ccccc4s3)o2)CC1. The third-order valence-corrected chi connectivity index (χ3v) is 8.48. The Morgan fingerprint density at radius 2 is 1.73 bits per heavy atom. The van der Waals surface area contributed by atoms with Crippen molar-refractivity contribution < 1.29 is 17.6 Å². The second-order valence-corrected chi connectivity index (χ2v) is 10.4. The number of thiazole rings is 1. The summed E-state index contributed by atoms with van der Waals surface area (Å²) in [5.74, 6) is 0.418. The summed E-state index contributed by atoms with van der Waals surface area (Å²) in [7, 11) is -3.82. The molecule has 4 aromatic rings. The minimum absolute atomic E-state index is 0.0150. The van der Waals surface area contributed by atoms with Crippen LogP contribution in [0, 0.1) is 11.3 Å². The smallest absolute Gasteiger partial charge is 0.289 e. The molecule has 166 valence electrons. The van der Waals surface area contributed by atoms with Crippen LogP contribution in [0.1, 0.15) is 16.1 Å². The van der Waals surface area contributed by atoms with E-state index in [2.05, 4.69) is 4.98 Å². The average molecular weight is 479 g/mol. The van der Waals surface area contributed by atoms with Crippen LogP contribution in [0.3, 0.4) is 0 Å². The van der Waals surface area contributed by atoms with E-state index < -0.39 is 10.0 Å². The number of nitriles is 1. The molecule has 0 N–H and O–H groups in total. The number of piperazine rings is 1. The number of fused-ring (bicyclic) bond motifs is 1. The Bertz CT molecular complexity index is 1460. The maximum atomic E-state index is 13.0. The van der Waals surface area contributed by atoms with Crippen molar-refractivity contribution in [3.05, 3.63) is 72.0 Å². The van der Waals surface area contributed by atoms with Crippen LogP contribution in [0.5, 0.6) is 0 Å². The van der Waals surface area contributed by atoms with Gasteiger partial charge in [-0.3, -0.25) is 4.79 Å². The average Bonchev–Trinajstić information content (AvgIpc) is 3.51. The highest BCUT2D eigenvalue weighted by atomic mass is 32.2. The number of benzene rings is 2. The van der Waals surface area contributed by atoms with Gasteiger partial charge >= 0.3 is 0 Å². The highest BCUT2D eigenvalue weighted by molar-refractivity contribution is 7.89. The van der Waals surface area contributed by atoms with Crippen LogP contribution in [0.25, 0.3) is 21.0 Å². The molecule has 2 aromatic heterocycles. The van der Waals surface area contributed by atoms with Crippen LogP contribution in [-0.4, -0.2) is 54.7 Å². The number of para-hydroxylation sites is 1. The van der Waals surface area contributed by atoms with Gasteiger partial charge in [0.2, 0.25) is 10.0 Å². The van der Waals surface area contributed by atoms with E-state index in [0.717, 1.165) is 10.2 Å². The van der Waals surface area contributed by atoms with Gasteiger partial charge in [0.15, 0.2) is 16.5 Å². The molecule has 1 saturated heterocycles. The Hall–Kier alpha value is -3.52. The number of hydrogen-bond donors (Lipinski definition) is 0. The lowest BCUT2D eigenvalue weighted by Gasteiger charge is -2.33. The molecule has 0 atom stereocenters. The topological polar surface area (TPSA) is 108 Å². The number of furan rings is 1. The molecule has 0 bridgehead atoms. The Kier molecular flexibility index (Phi) is 5.46. The van der Waals surface area contributed by atoms with Crippen LogP contribution >= 0.6 is 11.3 Å². The quantitative estimate of drug-likeness (QED) is 0.444. The summed E-state index contributed by atoms with van der Waals surface area (Å²) in [4.78, 5) is 19.1. The first-order valence-corrected chi connectivity index (χ1v) is 12.5. The largest absolute Gasteiger partial charge is 0.448 e. The molecule has 1 aliphatic rings. The third-order valence-electron chi connectivity index (χ3n) is 5.47. The molecular formula is C23H18N4O4S2. The van der Waals surface area contributed by atoms with Crippen LogP contribution in [0.4, 0.5) is 0 Å². The molecule has 0 spiro atoms. The molecule has 0 radical (unpaired) electrons. The van der Waals surface area contributed by atoms with E-state index in [-0.39, 0.29) is 48.3 Å². The van der Waals surface area contributed by atoms with Gasteiger partial charge in [-0.25, -0.2) is 13.4 Å². The highest BCUT2D eigenvalue weighted by Gasteiger charge is 2.32. The lowest BCUT2D eigenvalue weighted by molar-refractivity contribution is 0.0667. The maximum absolute atomic E-state index is 13.0. The Morgan fingerprint density at radius 3 is 2.48 bits per heavy atom. The monoisotopic (exact) mass is 478 g/mol. The Labute approximate surface area is 194 Å². The molecule has 1 fully saturated rings. The van der Waals surface area contributed by atoms with Crippen molar-refractivity contribution >= 4 is 37.5 Å². The van der Waals surface area contributed by atoms with Crippen molar-refractivity contribution in [3.63, 3.8) is 0 Å². The Morgan fingerprint density at radius 1 is 1.00 bits per heavy atom. The fraction of sp³-hybridized carbons (Fsp3) is 0.174. The van der Waals surface area contributed by atoms with Gasteiger partial charge < -0.3 is 9.32 Å². The Balaban J connectivity index is 1.29. The van der Waals surface area contributed by atoms with E-state index in [0.29, 0.717) is 10.8 Å². The van der Waals surface area contributed by atoms with Gasteiger partial charge in [0, 0.05) is 26.2 Å². The summed E-state index contributed by atoms with van der Waals surface area (Å²) in [6, 6.07) is 19.2. The first-order valence-electron chi connectivity index (χ1n) is 10.2. The fourth-order valence-corrected chi connectivity index (χ4v) is 6.25. The summed E-state index contributed by atoms with van der Waals surface area (Å²) < 4.78 is 34.1. The van der Waals surface area contributed by atoms with Crippen LogP contribution in [0.15, 0.2) is 70.0 Å². The number of sulfonamides is 1. The van der Waals surface area contributed by atoms with Crippen molar-refractivity contribution in [1.82, 2.24) is 14.2 Å². The summed E-state index contributed by atoms with van der Waals surface area (Å²) in [6.07, 6.45) is 0. The normalized spacial score (nSPS) is 14.9. The number of rotatable bonds is 4. The van der Waals surface area contributed by atoms with Crippen LogP contribution < -0.4 is 0 Å². The molecule has 3 heterocycles. The lowest BCUT2D eigenvalue weighted by atomic mass is 10.2. The van der Waals surface area contributed by atoms with Gasteiger partial charge in [-0.05, 0) is 36.4 Å². The predicted octanol–water partition coefficient (Wildman–Crippen LogP) is 3.57. The van der Waals surface area contributed by atoms with Gasteiger partial charge in [-0.2, -0.15) is 9.57 Å². The number of carbonyl (C=O) groups is 1. The van der Waals surface area contributed by atoms with Crippen molar-refractivity contribution in [2.24, 2.45) is 0 Å². The number of nitrogens with zero attached hydrogens (tertiary/aromatic N) is 4. The zero-order chi connectivity index (χ0) is 23.0. The molecule has 2 aromatic carbocycles. The van der Waals surface area contributed by atoms with Crippen molar-refractivity contribution in [2.45, 2.75) is 4.90 Å². The van der Waals surface area contributed by atoms with E-state index in [1.54, 1.807) is 29.2 Å². The summed E-state index contributed by atoms with van der Waals surface area (Å²) in [6.45, 7) is 0.729.